The molecule has 0 aliphatic rings. The van der Waals surface area contributed by atoms with Crippen molar-refractivity contribution in [2.75, 3.05) is 6.54 Å². The quantitative estimate of drug-likeness (QED) is 0.837. The van der Waals surface area contributed by atoms with Crippen LogP contribution in [0.2, 0.25) is 0 Å². The van der Waals surface area contributed by atoms with Crippen LogP contribution >= 0.6 is 0 Å². The zero-order valence-corrected chi connectivity index (χ0v) is 10.3. The Hall–Kier alpha value is -1.69. The van der Waals surface area contributed by atoms with Crippen LogP contribution in [0.1, 0.15) is 19.7 Å². The Labute approximate surface area is 100 Å². The fraction of sp³-hybridized carbons (Fsp3) is 0.545. The molecule has 0 saturated heterocycles. The van der Waals surface area contributed by atoms with Crippen LogP contribution in [-0.2, 0) is 13.5 Å². The number of likely N-dealkylation sites (N-methyl/N-ethyl adjacent to an activating group) is 1. The van der Waals surface area contributed by atoms with Crippen molar-refractivity contribution in [2.45, 2.75) is 26.3 Å². The van der Waals surface area contributed by atoms with E-state index in [0.29, 0.717) is 17.8 Å². The van der Waals surface area contributed by atoms with Crippen molar-refractivity contribution in [3.05, 3.63) is 18.2 Å². The van der Waals surface area contributed by atoms with Crippen LogP contribution in [0.3, 0.4) is 0 Å². The number of aryl methyl sites for hydroxylation is 1. The number of rotatable bonds is 5. The van der Waals surface area contributed by atoms with E-state index in [1.807, 2.05) is 19.3 Å². The molecule has 0 aliphatic carbocycles. The minimum atomic E-state index is 0.331. The zero-order valence-electron chi connectivity index (χ0n) is 10.3. The zero-order chi connectivity index (χ0) is 12.3. The normalized spacial score (nSPS) is 12.9. The number of nitrogens with one attached hydrogen (secondary N) is 1. The van der Waals surface area contributed by atoms with E-state index in [0.717, 1.165) is 18.7 Å². The maximum atomic E-state index is 5.19. The van der Waals surface area contributed by atoms with Crippen LogP contribution in [0, 0.1) is 0 Å². The second-order valence-corrected chi connectivity index (χ2v) is 4.05. The van der Waals surface area contributed by atoms with E-state index in [-0.39, 0.29) is 0 Å². The molecule has 2 rings (SSSR count). The molecule has 6 heteroatoms. The van der Waals surface area contributed by atoms with Gasteiger partial charge >= 0.3 is 0 Å². The van der Waals surface area contributed by atoms with Crippen LogP contribution < -0.4 is 5.32 Å². The SMILES string of the molecule is CCNC(C)Cc1nc(-c2ccn(C)n2)no1. The molecular weight excluding hydrogens is 218 g/mol. The summed E-state index contributed by atoms with van der Waals surface area (Å²) >= 11 is 0. The molecule has 0 saturated carbocycles. The molecule has 0 fully saturated rings. The molecule has 2 heterocycles. The van der Waals surface area contributed by atoms with Gasteiger partial charge in [-0.05, 0) is 19.5 Å². The number of aromatic nitrogens is 4. The molecule has 0 aliphatic heterocycles. The van der Waals surface area contributed by atoms with Gasteiger partial charge in [-0.15, -0.1) is 0 Å². The first kappa shape index (κ1) is 11.8. The number of nitrogens with zero attached hydrogens (tertiary/aromatic N) is 4. The minimum Gasteiger partial charge on any atom is -0.339 e. The predicted octanol–water partition coefficient (Wildman–Crippen LogP) is 1.01. The van der Waals surface area contributed by atoms with E-state index in [1.165, 1.54) is 0 Å². The molecule has 1 N–H and O–H groups in total. The summed E-state index contributed by atoms with van der Waals surface area (Å²) in [6.07, 6.45) is 2.58. The Morgan fingerprint density at radius 1 is 1.53 bits per heavy atom. The van der Waals surface area contributed by atoms with Crippen molar-refractivity contribution >= 4 is 0 Å². The van der Waals surface area contributed by atoms with Gasteiger partial charge < -0.3 is 9.84 Å². The smallest absolute Gasteiger partial charge is 0.228 e. The fourth-order valence-electron chi connectivity index (χ4n) is 1.66. The second-order valence-electron chi connectivity index (χ2n) is 4.05. The average Bonchev–Trinajstić information content (AvgIpc) is 2.87. The first-order valence-corrected chi connectivity index (χ1v) is 5.75. The molecule has 17 heavy (non-hydrogen) atoms. The van der Waals surface area contributed by atoms with Gasteiger partial charge in [0.1, 0.15) is 5.69 Å². The highest BCUT2D eigenvalue weighted by Crippen LogP contribution is 2.13. The number of hydrogen-bond acceptors (Lipinski definition) is 5. The molecule has 2 aromatic heterocycles. The predicted molar refractivity (Wildman–Crippen MR) is 63.3 cm³/mol. The number of hydrogen-bond donors (Lipinski definition) is 1. The molecule has 92 valence electrons. The van der Waals surface area contributed by atoms with E-state index < -0.39 is 0 Å². The van der Waals surface area contributed by atoms with Gasteiger partial charge in [-0.25, -0.2) is 0 Å². The van der Waals surface area contributed by atoms with E-state index in [1.54, 1.807) is 4.68 Å². The fourth-order valence-corrected chi connectivity index (χ4v) is 1.66. The Balaban J connectivity index is 2.05. The highest BCUT2D eigenvalue weighted by molar-refractivity contribution is 5.46. The molecule has 0 bridgehead atoms. The van der Waals surface area contributed by atoms with Gasteiger partial charge in [0.25, 0.3) is 0 Å². The lowest BCUT2D eigenvalue weighted by Crippen LogP contribution is -2.27. The highest BCUT2D eigenvalue weighted by atomic mass is 16.5. The molecule has 2 aromatic rings. The molecule has 0 radical (unpaired) electrons. The molecule has 0 aromatic carbocycles. The highest BCUT2D eigenvalue weighted by Gasteiger charge is 2.12. The lowest BCUT2D eigenvalue weighted by atomic mass is 10.2. The van der Waals surface area contributed by atoms with Gasteiger partial charge in [-0.1, -0.05) is 12.1 Å². The molecular formula is C11H17N5O. The maximum Gasteiger partial charge on any atom is 0.228 e. The molecule has 1 unspecified atom stereocenters. The Morgan fingerprint density at radius 3 is 3.00 bits per heavy atom. The van der Waals surface area contributed by atoms with Crippen molar-refractivity contribution in [1.29, 1.82) is 0 Å². The summed E-state index contributed by atoms with van der Waals surface area (Å²) in [5.41, 5.74) is 0.735. The van der Waals surface area contributed by atoms with E-state index in [2.05, 4.69) is 34.4 Å². The maximum absolute atomic E-state index is 5.19. The summed E-state index contributed by atoms with van der Waals surface area (Å²) in [6.45, 7) is 5.10. The Kier molecular flexibility index (Phi) is 3.53. The van der Waals surface area contributed by atoms with Gasteiger partial charge in [-0.2, -0.15) is 10.1 Å². The third-order valence-electron chi connectivity index (χ3n) is 2.44. The van der Waals surface area contributed by atoms with Crippen LogP contribution in [0.5, 0.6) is 0 Å². The molecule has 0 amide bonds. The van der Waals surface area contributed by atoms with Crippen molar-refractivity contribution < 1.29 is 4.52 Å². The third-order valence-corrected chi connectivity index (χ3v) is 2.44. The van der Waals surface area contributed by atoms with Crippen LogP contribution in [-0.4, -0.2) is 32.5 Å². The Bertz CT molecular complexity index is 476. The van der Waals surface area contributed by atoms with Gasteiger partial charge in [0.15, 0.2) is 0 Å². The third kappa shape index (κ3) is 2.91. The summed E-state index contributed by atoms with van der Waals surface area (Å²) in [4.78, 5) is 4.32. The van der Waals surface area contributed by atoms with Gasteiger partial charge in [-0.3, -0.25) is 4.68 Å². The summed E-state index contributed by atoms with van der Waals surface area (Å²) in [5, 5.41) is 11.4. The van der Waals surface area contributed by atoms with Crippen LogP contribution in [0.25, 0.3) is 11.5 Å². The lowest BCUT2D eigenvalue weighted by molar-refractivity contribution is 0.363. The van der Waals surface area contributed by atoms with Crippen molar-refractivity contribution in [2.24, 2.45) is 7.05 Å². The van der Waals surface area contributed by atoms with Crippen molar-refractivity contribution in [3.63, 3.8) is 0 Å². The molecule has 6 nitrogen and oxygen atoms in total. The Morgan fingerprint density at radius 2 is 2.35 bits per heavy atom. The van der Waals surface area contributed by atoms with Crippen LogP contribution in [0.15, 0.2) is 16.8 Å². The minimum absolute atomic E-state index is 0.331. The van der Waals surface area contributed by atoms with Crippen LogP contribution in [0.4, 0.5) is 0 Å². The summed E-state index contributed by atoms with van der Waals surface area (Å²) < 4.78 is 6.91. The lowest BCUT2D eigenvalue weighted by Gasteiger charge is -2.07. The van der Waals surface area contributed by atoms with Gasteiger partial charge in [0.2, 0.25) is 11.7 Å². The second kappa shape index (κ2) is 5.09. The van der Waals surface area contributed by atoms with E-state index in [4.69, 9.17) is 4.52 Å². The van der Waals surface area contributed by atoms with Crippen molar-refractivity contribution in [1.82, 2.24) is 25.2 Å². The van der Waals surface area contributed by atoms with E-state index >= 15 is 0 Å². The monoisotopic (exact) mass is 235 g/mol. The molecule has 1 atom stereocenters. The summed E-state index contributed by atoms with van der Waals surface area (Å²) in [5.74, 6) is 1.18. The first-order valence-electron chi connectivity index (χ1n) is 5.75. The molecule has 0 spiro atoms. The largest absolute Gasteiger partial charge is 0.339 e. The topological polar surface area (TPSA) is 68.8 Å². The average molecular weight is 235 g/mol. The van der Waals surface area contributed by atoms with Crippen molar-refractivity contribution in [3.8, 4) is 11.5 Å². The summed E-state index contributed by atoms with van der Waals surface area (Å²) in [6, 6.07) is 2.19. The van der Waals surface area contributed by atoms with Gasteiger partial charge in [0.05, 0.1) is 0 Å². The summed E-state index contributed by atoms with van der Waals surface area (Å²) in [7, 11) is 1.86. The first-order chi connectivity index (χ1) is 8.19. The van der Waals surface area contributed by atoms with E-state index in [9.17, 15) is 0 Å². The van der Waals surface area contributed by atoms with Gasteiger partial charge in [0, 0.05) is 25.7 Å². The standard InChI is InChI=1S/C11H17N5O/c1-4-12-8(2)7-10-13-11(15-17-10)9-5-6-16(3)14-9/h5-6,8,12H,4,7H2,1-3H3.